The van der Waals surface area contributed by atoms with E-state index in [0.717, 1.165) is 17.7 Å². The molecule has 0 aliphatic heterocycles. The molecule has 0 unspecified atom stereocenters. The molecule has 0 aromatic heterocycles. The fourth-order valence-electron chi connectivity index (χ4n) is 2.13. The molecule has 21 heavy (non-hydrogen) atoms. The molecular weight excluding hydrogens is 266 g/mol. The van der Waals surface area contributed by atoms with Crippen LogP contribution in [0.3, 0.4) is 0 Å². The van der Waals surface area contributed by atoms with Crippen LogP contribution in [0.25, 0.3) is 0 Å². The minimum atomic E-state index is -0.0677. The van der Waals surface area contributed by atoms with Crippen molar-refractivity contribution in [2.24, 2.45) is 5.73 Å². The first kappa shape index (κ1) is 15.2. The van der Waals surface area contributed by atoms with E-state index in [0.29, 0.717) is 17.2 Å². The van der Waals surface area contributed by atoms with Gasteiger partial charge in [-0.3, -0.25) is 0 Å². The normalized spacial score (nSPS) is 11.8. The minimum absolute atomic E-state index is 0.0677. The van der Waals surface area contributed by atoms with Crippen LogP contribution < -0.4 is 19.9 Å². The van der Waals surface area contributed by atoms with E-state index >= 15 is 0 Å². The van der Waals surface area contributed by atoms with Crippen molar-refractivity contribution in [3.63, 3.8) is 0 Å². The zero-order chi connectivity index (χ0) is 15.2. The van der Waals surface area contributed by atoms with Crippen molar-refractivity contribution < 1.29 is 14.2 Å². The number of methoxy groups -OCH3 is 2. The highest BCUT2D eigenvalue weighted by Crippen LogP contribution is 2.41. The zero-order valence-corrected chi connectivity index (χ0v) is 12.6. The van der Waals surface area contributed by atoms with E-state index in [2.05, 4.69) is 0 Å². The van der Waals surface area contributed by atoms with Gasteiger partial charge in [0.05, 0.1) is 14.2 Å². The molecule has 112 valence electrons. The first-order chi connectivity index (χ1) is 10.2. The van der Waals surface area contributed by atoms with Gasteiger partial charge in [-0.05, 0) is 24.6 Å². The van der Waals surface area contributed by atoms with Gasteiger partial charge in [0.15, 0.2) is 11.5 Å². The number of para-hydroxylation sites is 2. The molecule has 0 radical (unpaired) electrons. The summed E-state index contributed by atoms with van der Waals surface area (Å²) in [5.41, 5.74) is 7.11. The molecule has 0 spiro atoms. The first-order valence-electron chi connectivity index (χ1n) is 6.94. The first-order valence-corrected chi connectivity index (χ1v) is 6.94. The minimum Gasteiger partial charge on any atom is -0.493 e. The van der Waals surface area contributed by atoms with Crippen LogP contribution in [0.2, 0.25) is 0 Å². The molecule has 4 nitrogen and oxygen atoms in total. The van der Waals surface area contributed by atoms with Crippen molar-refractivity contribution in [2.45, 2.75) is 19.4 Å². The Morgan fingerprint density at radius 1 is 0.905 bits per heavy atom. The van der Waals surface area contributed by atoms with Gasteiger partial charge < -0.3 is 19.9 Å². The van der Waals surface area contributed by atoms with Crippen LogP contribution in [0.5, 0.6) is 23.0 Å². The summed E-state index contributed by atoms with van der Waals surface area (Å²) in [6, 6.07) is 13.2. The van der Waals surface area contributed by atoms with E-state index in [1.165, 1.54) is 0 Å². The van der Waals surface area contributed by atoms with Gasteiger partial charge in [0.25, 0.3) is 0 Å². The lowest BCUT2D eigenvalue weighted by Gasteiger charge is -2.18. The Kier molecular flexibility index (Phi) is 5.06. The van der Waals surface area contributed by atoms with Crippen LogP contribution in [-0.2, 0) is 0 Å². The Morgan fingerprint density at radius 2 is 1.48 bits per heavy atom. The van der Waals surface area contributed by atoms with Crippen molar-refractivity contribution >= 4 is 0 Å². The topological polar surface area (TPSA) is 53.7 Å². The van der Waals surface area contributed by atoms with E-state index in [-0.39, 0.29) is 6.04 Å². The second-order valence-electron chi connectivity index (χ2n) is 4.65. The lowest BCUT2D eigenvalue weighted by atomic mass is 10.0. The van der Waals surface area contributed by atoms with Crippen molar-refractivity contribution in [3.8, 4) is 23.0 Å². The van der Waals surface area contributed by atoms with E-state index < -0.39 is 0 Å². The van der Waals surface area contributed by atoms with Crippen LogP contribution in [0.15, 0.2) is 42.5 Å². The largest absolute Gasteiger partial charge is 0.493 e. The molecule has 0 aliphatic carbocycles. The SMILES string of the molecule is CC[C@@H](N)c1ccccc1Oc1c(OC)cccc1OC. The third-order valence-corrected chi connectivity index (χ3v) is 3.35. The van der Waals surface area contributed by atoms with E-state index in [4.69, 9.17) is 19.9 Å². The lowest BCUT2D eigenvalue weighted by Crippen LogP contribution is -2.10. The van der Waals surface area contributed by atoms with E-state index in [1.807, 2.05) is 49.4 Å². The standard InChI is InChI=1S/C17H21NO3/c1-4-13(18)12-8-5-6-9-14(12)21-17-15(19-2)10-7-11-16(17)20-3/h5-11,13H,4,18H2,1-3H3/t13-/m1/s1. The molecule has 2 rings (SSSR count). The van der Waals surface area contributed by atoms with Crippen LogP contribution in [0, 0.1) is 0 Å². The Labute approximate surface area is 125 Å². The Hall–Kier alpha value is -2.20. The van der Waals surface area contributed by atoms with Gasteiger partial charge in [-0.25, -0.2) is 0 Å². The molecule has 0 saturated heterocycles. The fourth-order valence-corrected chi connectivity index (χ4v) is 2.13. The molecular formula is C17H21NO3. The van der Waals surface area contributed by atoms with Crippen molar-refractivity contribution in [2.75, 3.05) is 14.2 Å². The second-order valence-corrected chi connectivity index (χ2v) is 4.65. The highest BCUT2D eigenvalue weighted by Gasteiger charge is 2.16. The second kappa shape index (κ2) is 6.99. The van der Waals surface area contributed by atoms with Gasteiger partial charge in [0.1, 0.15) is 5.75 Å². The monoisotopic (exact) mass is 287 g/mol. The van der Waals surface area contributed by atoms with Gasteiger partial charge in [-0.1, -0.05) is 31.2 Å². The summed E-state index contributed by atoms with van der Waals surface area (Å²) < 4.78 is 16.7. The maximum absolute atomic E-state index is 6.15. The third-order valence-electron chi connectivity index (χ3n) is 3.35. The molecule has 4 heteroatoms. The Balaban J connectivity index is 2.43. The molecule has 0 amide bonds. The molecule has 0 bridgehead atoms. The molecule has 0 aliphatic rings. The Bertz CT molecular complexity index is 576. The summed E-state index contributed by atoms with van der Waals surface area (Å²) in [5.74, 6) is 2.51. The average Bonchev–Trinajstić information content (AvgIpc) is 2.54. The summed E-state index contributed by atoms with van der Waals surface area (Å²) in [6.45, 7) is 2.05. The summed E-state index contributed by atoms with van der Waals surface area (Å²) in [5, 5.41) is 0. The van der Waals surface area contributed by atoms with Crippen molar-refractivity contribution in [1.82, 2.24) is 0 Å². The molecule has 0 saturated carbocycles. The molecule has 0 fully saturated rings. The van der Waals surface area contributed by atoms with Crippen LogP contribution in [0.4, 0.5) is 0 Å². The van der Waals surface area contributed by atoms with Gasteiger partial charge in [0, 0.05) is 11.6 Å². The fraction of sp³-hybridized carbons (Fsp3) is 0.294. The number of hydrogen-bond donors (Lipinski definition) is 1. The number of rotatable bonds is 6. The maximum atomic E-state index is 6.15. The smallest absolute Gasteiger partial charge is 0.211 e. The summed E-state index contributed by atoms with van der Waals surface area (Å²) in [7, 11) is 3.20. The molecule has 1 atom stereocenters. The zero-order valence-electron chi connectivity index (χ0n) is 12.6. The molecule has 2 aromatic rings. The Morgan fingerprint density at radius 3 is 2.05 bits per heavy atom. The maximum Gasteiger partial charge on any atom is 0.211 e. The average molecular weight is 287 g/mol. The van der Waals surface area contributed by atoms with Gasteiger partial charge in [0.2, 0.25) is 5.75 Å². The number of hydrogen-bond acceptors (Lipinski definition) is 4. The predicted molar refractivity (Wildman–Crippen MR) is 83.3 cm³/mol. The molecule has 0 heterocycles. The molecule has 2 N–H and O–H groups in total. The summed E-state index contributed by atoms with van der Waals surface area (Å²) >= 11 is 0. The third kappa shape index (κ3) is 3.28. The number of nitrogens with two attached hydrogens (primary N) is 1. The number of benzene rings is 2. The predicted octanol–water partition coefficient (Wildman–Crippen LogP) is 3.91. The number of ether oxygens (including phenoxy) is 3. The quantitative estimate of drug-likeness (QED) is 0.875. The van der Waals surface area contributed by atoms with E-state index in [9.17, 15) is 0 Å². The highest BCUT2D eigenvalue weighted by molar-refractivity contribution is 5.54. The molecule has 2 aromatic carbocycles. The van der Waals surface area contributed by atoms with Crippen LogP contribution in [0.1, 0.15) is 24.9 Å². The van der Waals surface area contributed by atoms with Gasteiger partial charge >= 0.3 is 0 Å². The van der Waals surface area contributed by atoms with Crippen LogP contribution in [-0.4, -0.2) is 14.2 Å². The summed E-state index contributed by atoms with van der Waals surface area (Å²) in [6.07, 6.45) is 0.837. The van der Waals surface area contributed by atoms with Crippen molar-refractivity contribution in [1.29, 1.82) is 0 Å². The van der Waals surface area contributed by atoms with Crippen LogP contribution >= 0.6 is 0 Å². The highest BCUT2D eigenvalue weighted by atomic mass is 16.5. The van der Waals surface area contributed by atoms with Gasteiger partial charge in [-0.2, -0.15) is 0 Å². The lowest BCUT2D eigenvalue weighted by molar-refractivity contribution is 0.344. The van der Waals surface area contributed by atoms with Crippen molar-refractivity contribution in [3.05, 3.63) is 48.0 Å². The van der Waals surface area contributed by atoms with Gasteiger partial charge in [-0.15, -0.1) is 0 Å². The van der Waals surface area contributed by atoms with E-state index in [1.54, 1.807) is 14.2 Å². The summed E-state index contributed by atoms with van der Waals surface area (Å²) in [4.78, 5) is 0.